The molecule has 3 aromatic rings. The fraction of sp³-hybridized carbons (Fsp3) is 0.222. The van der Waals surface area contributed by atoms with E-state index in [0.29, 0.717) is 17.3 Å². The zero-order valence-electron chi connectivity index (χ0n) is 14.3. The number of carbonyl (C=O) groups excluding carboxylic acids is 1. The summed E-state index contributed by atoms with van der Waals surface area (Å²) in [6, 6.07) is 11.0. The maximum Gasteiger partial charge on any atom is 0.234 e. The fourth-order valence-corrected chi connectivity index (χ4v) is 2.49. The number of nitrogens with zero attached hydrogens (tertiary/aromatic N) is 4. The summed E-state index contributed by atoms with van der Waals surface area (Å²) in [7, 11) is 1.60. The molecule has 3 rings (SSSR count). The highest BCUT2D eigenvalue weighted by Crippen LogP contribution is 2.32. The van der Waals surface area contributed by atoms with Gasteiger partial charge in [-0.2, -0.15) is 5.10 Å². The molecule has 0 aliphatic carbocycles. The Kier molecular flexibility index (Phi) is 4.47. The van der Waals surface area contributed by atoms with Crippen LogP contribution in [0.1, 0.15) is 19.4 Å². The van der Waals surface area contributed by atoms with E-state index in [2.05, 4.69) is 20.4 Å². The molecule has 0 bridgehead atoms. The Morgan fingerprint density at radius 3 is 2.64 bits per heavy atom. The van der Waals surface area contributed by atoms with Gasteiger partial charge in [-0.15, -0.1) is 0 Å². The minimum atomic E-state index is -0.767. The number of methoxy groups -OCH3 is 1. The highest BCUT2D eigenvalue weighted by Gasteiger charge is 2.32. The molecule has 1 aromatic carbocycles. The summed E-state index contributed by atoms with van der Waals surface area (Å²) >= 11 is 0. The Morgan fingerprint density at radius 1 is 1.20 bits per heavy atom. The number of benzene rings is 1. The summed E-state index contributed by atoms with van der Waals surface area (Å²) in [6.07, 6.45) is 4.59. The Morgan fingerprint density at radius 2 is 2.00 bits per heavy atom. The van der Waals surface area contributed by atoms with Crippen LogP contribution in [0.25, 0.3) is 5.82 Å². The minimum absolute atomic E-state index is 0.146. The first-order chi connectivity index (χ1) is 12.0. The monoisotopic (exact) mass is 337 g/mol. The van der Waals surface area contributed by atoms with Crippen LogP contribution in [0, 0.1) is 0 Å². The van der Waals surface area contributed by atoms with E-state index >= 15 is 0 Å². The number of ether oxygens (including phenoxy) is 1. The molecule has 2 aromatic heterocycles. The number of rotatable bonds is 5. The SMILES string of the molecule is COc1ccccc1C(C)(C)C(=O)Nc1ccc(-n2cncn2)nc1. The molecule has 0 saturated carbocycles. The maximum atomic E-state index is 12.8. The third-order valence-electron chi connectivity index (χ3n) is 4.01. The summed E-state index contributed by atoms with van der Waals surface area (Å²) in [6.45, 7) is 3.72. The maximum absolute atomic E-state index is 12.8. The third kappa shape index (κ3) is 3.35. The van der Waals surface area contributed by atoms with E-state index in [1.165, 1.54) is 6.33 Å². The first-order valence-corrected chi connectivity index (χ1v) is 7.78. The van der Waals surface area contributed by atoms with Gasteiger partial charge in [-0.05, 0) is 32.0 Å². The molecule has 0 radical (unpaired) electrons. The van der Waals surface area contributed by atoms with Crippen molar-refractivity contribution < 1.29 is 9.53 Å². The van der Waals surface area contributed by atoms with E-state index in [9.17, 15) is 4.79 Å². The smallest absolute Gasteiger partial charge is 0.234 e. The van der Waals surface area contributed by atoms with Crippen molar-refractivity contribution in [1.82, 2.24) is 19.7 Å². The highest BCUT2D eigenvalue weighted by molar-refractivity contribution is 5.98. The first-order valence-electron chi connectivity index (χ1n) is 7.78. The van der Waals surface area contributed by atoms with Crippen LogP contribution in [0.5, 0.6) is 5.75 Å². The summed E-state index contributed by atoms with van der Waals surface area (Å²) in [5.74, 6) is 1.16. The number of nitrogens with one attached hydrogen (secondary N) is 1. The molecule has 7 nitrogen and oxygen atoms in total. The fourth-order valence-electron chi connectivity index (χ4n) is 2.49. The normalized spacial score (nSPS) is 11.2. The van der Waals surface area contributed by atoms with Gasteiger partial charge in [-0.1, -0.05) is 18.2 Å². The van der Waals surface area contributed by atoms with Crippen molar-refractivity contribution >= 4 is 11.6 Å². The van der Waals surface area contributed by atoms with E-state index in [1.807, 2.05) is 38.1 Å². The zero-order chi connectivity index (χ0) is 17.9. The predicted molar refractivity (Wildman–Crippen MR) is 93.8 cm³/mol. The van der Waals surface area contributed by atoms with Crippen LogP contribution < -0.4 is 10.1 Å². The van der Waals surface area contributed by atoms with Crippen molar-refractivity contribution in [2.75, 3.05) is 12.4 Å². The van der Waals surface area contributed by atoms with Crippen LogP contribution in [-0.2, 0) is 10.2 Å². The van der Waals surface area contributed by atoms with Gasteiger partial charge in [0.15, 0.2) is 5.82 Å². The van der Waals surface area contributed by atoms with Gasteiger partial charge in [0.2, 0.25) is 5.91 Å². The molecule has 0 fully saturated rings. The summed E-state index contributed by atoms with van der Waals surface area (Å²) < 4.78 is 6.93. The quantitative estimate of drug-likeness (QED) is 0.774. The second kappa shape index (κ2) is 6.72. The zero-order valence-corrected chi connectivity index (χ0v) is 14.3. The Balaban J connectivity index is 1.79. The summed E-state index contributed by atoms with van der Waals surface area (Å²) in [5, 5.41) is 6.92. The minimum Gasteiger partial charge on any atom is -0.496 e. The molecule has 0 unspecified atom stereocenters. The van der Waals surface area contributed by atoms with Gasteiger partial charge in [0.05, 0.1) is 24.4 Å². The molecule has 1 amide bonds. The number of hydrogen-bond donors (Lipinski definition) is 1. The Labute approximate surface area is 145 Å². The van der Waals surface area contributed by atoms with Crippen LogP contribution in [0.3, 0.4) is 0 Å². The molecule has 1 N–H and O–H groups in total. The number of pyridine rings is 1. The molecular formula is C18H19N5O2. The van der Waals surface area contributed by atoms with Crippen LogP contribution in [0.4, 0.5) is 5.69 Å². The topological polar surface area (TPSA) is 81.9 Å². The summed E-state index contributed by atoms with van der Waals surface area (Å²) in [4.78, 5) is 21.0. The van der Waals surface area contributed by atoms with Gasteiger partial charge >= 0.3 is 0 Å². The van der Waals surface area contributed by atoms with Crippen molar-refractivity contribution in [2.24, 2.45) is 0 Å². The van der Waals surface area contributed by atoms with Gasteiger partial charge < -0.3 is 10.1 Å². The third-order valence-corrected chi connectivity index (χ3v) is 4.01. The van der Waals surface area contributed by atoms with Crippen molar-refractivity contribution in [1.29, 1.82) is 0 Å². The number of anilines is 1. The molecular weight excluding hydrogens is 318 g/mol. The largest absolute Gasteiger partial charge is 0.496 e. The number of carbonyl (C=O) groups is 1. The van der Waals surface area contributed by atoms with Crippen molar-refractivity contribution in [3.63, 3.8) is 0 Å². The van der Waals surface area contributed by atoms with Crippen LogP contribution in [0.2, 0.25) is 0 Å². The van der Waals surface area contributed by atoms with Crippen LogP contribution >= 0.6 is 0 Å². The molecule has 0 atom stereocenters. The molecule has 0 saturated heterocycles. The molecule has 2 heterocycles. The molecule has 0 spiro atoms. The average molecular weight is 337 g/mol. The van der Waals surface area contributed by atoms with E-state index in [-0.39, 0.29) is 5.91 Å². The Bertz CT molecular complexity index is 857. The van der Waals surface area contributed by atoms with Gasteiger partial charge in [0.25, 0.3) is 0 Å². The molecule has 7 heteroatoms. The highest BCUT2D eigenvalue weighted by atomic mass is 16.5. The molecule has 128 valence electrons. The van der Waals surface area contributed by atoms with Crippen molar-refractivity contribution in [3.8, 4) is 11.6 Å². The lowest BCUT2D eigenvalue weighted by molar-refractivity contribution is -0.120. The van der Waals surface area contributed by atoms with Gasteiger partial charge in [-0.3, -0.25) is 4.79 Å². The number of para-hydroxylation sites is 1. The van der Waals surface area contributed by atoms with Crippen LogP contribution in [-0.4, -0.2) is 32.8 Å². The van der Waals surface area contributed by atoms with Crippen molar-refractivity contribution in [2.45, 2.75) is 19.3 Å². The number of aromatic nitrogens is 4. The molecule has 0 aliphatic rings. The van der Waals surface area contributed by atoms with E-state index < -0.39 is 5.41 Å². The van der Waals surface area contributed by atoms with Gasteiger partial charge in [-0.25, -0.2) is 14.6 Å². The van der Waals surface area contributed by atoms with E-state index in [4.69, 9.17) is 4.74 Å². The molecule has 0 aliphatic heterocycles. The Hall–Kier alpha value is -3.22. The lowest BCUT2D eigenvalue weighted by Crippen LogP contribution is -2.35. The van der Waals surface area contributed by atoms with E-state index in [1.54, 1.807) is 36.4 Å². The summed E-state index contributed by atoms with van der Waals surface area (Å²) in [5.41, 5.74) is 0.663. The number of hydrogen-bond acceptors (Lipinski definition) is 5. The standard InChI is InChI=1S/C18H19N5O2/c1-18(2,14-6-4-5-7-15(14)25-3)17(24)22-13-8-9-16(20-10-13)23-12-19-11-21-23/h4-12H,1-3H3,(H,22,24). The predicted octanol–water partition coefficient (Wildman–Crippen LogP) is 2.59. The average Bonchev–Trinajstić information content (AvgIpc) is 3.17. The van der Waals surface area contributed by atoms with E-state index in [0.717, 1.165) is 5.56 Å². The molecule has 25 heavy (non-hydrogen) atoms. The second-order valence-electron chi connectivity index (χ2n) is 6.02. The number of amides is 1. The van der Waals surface area contributed by atoms with Gasteiger partial charge in [0, 0.05) is 5.56 Å². The first kappa shape index (κ1) is 16.6. The second-order valence-corrected chi connectivity index (χ2v) is 6.02. The van der Waals surface area contributed by atoms with Crippen LogP contribution in [0.15, 0.2) is 55.2 Å². The van der Waals surface area contributed by atoms with Gasteiger partial charge in [0.1, 0.15) is 18.4 Å². The van der Waals surface area contributed by atoms with Crippen molar-refractivity contribution in [3.05, 3.63) is 60.8 Å². The lowest BCUT2D eigenvalue weighted by Gasteiger charge is -2.26. The lowest BCUT2D eigenvalue weighted by atomic mass is 9.83.